The second-order valence-electron chi connectivity index (χ2n) is 8.58. The molecule has 1 amide bonds. The summed E-state index contributed by atoms with van der Waals surface area (Å²) >= 11 is 1.39. The van der Waals surface area contributed by atoms with Gasteiger partial charge in [0.2, 0.25) is 5.13 Å². The quantitative estimate of drug-likeness (QED) is 0.420. The van der Waals surface area contributed by atoms with Gasteiger partial charge < -0.3 is 9.80 Å². The molecule has 1 saturated heterocycles. The van der Waals surface area contributed by atoms with Crippen LogP contribution in [0, 0.1) is 5.82 Å². The van der Waals surface area contributed by atoms with Crippen LogP contribution in [0.3, 0.4) is 0 Å². The standard InChI is InChI=1S/C26H31FN4OS/c1-2-3-4-6-20-7-11-22(12-8-20)25(32)30-15-5-16-31(18-17-30)26-28-24(29-33-26)19-21-9-13-23(27)14-10-21/h7-14H,2-6,15-19H2,1H3. The zero-order chi connectivity index (χ0) is 23.0. The van der Waals surface area contributed by atoms with Gasteiger partial charge in [-0.1, -0.05) is 44.0 Å². The molecule has 0 saturated carbocycles. The minimum Gasteiger partial charge on any atom is -0.345 e. The van der Waals surface area contributed by atoms with Crippen LogP contribution in [0.1, 0.15) is 59.9 Å². The van der Waals surface area contributed by atoms with E-state index in [-0.39, 0.29) is 11.7 Å². The van der Waals surface area contributed by atoms with Crippen LogP contribution in [0.4, 0.5) is 9.52 Å². The Bertz CT molecular complexity index is 1040. The first-order valence-electron chi connectivity index (χ1n) is 11.8. The van der Waals surface area contributed by atoms with Crippen LogP contribution in [0.15, 0.2) is 48.5 Å². The van der Waals surface area contributed by atoms with Crippen LogP contribution < -0.4 is 4.90 Å². The smallest absolute Gasteiger partial charge is 0.253 e. The van der Waals surface area contributed by atoms with E-state index in [1.165, 1.54) is 48.5 Å². The van der Waals surface area contributed by atoms with E-state index in [2.05, 4.69) is 28.3 Å². The number of amides is 1. The number of carbonyl (C=O) groups excluding carboxylic acids is 1. The number of carbonyl (C=O) groups is 1. The van der Waals surface area contributed by atoms with Crippen LogP contribution in [-0.4, -0.2) is 46.3 Å². The fourth-order valence-corrected chi connectivity index (χ4v) is 4.85. The summed E-state index contributed by atoms with van der Waals surface area (Å²) in [6, 6.07) is 14.6. The zero-order valence-corrected chi connectivity index (χ0v) is 20.0. The molecule has 33 heavy (non-hydrogen) atoms. The van der Waals surface area contributed by atoms with E-state index in [0.717, 1.165) is 54.6 Å². The highest BCUT2D eigenvalue weighted by Gasteiger charge is 2.22. The Morgan fingerprint density at radius 2 is 1.73 bits per heavy atom. The van der Waals surface area contributed by atoms with Crippen LogP contribution >= 0.6 is 11.5 Å². The lowest BCUT2D eigenvalue weighted by atomic mass is 10.0. The maximum absolute atomic E-state index is 13.1. The summed E-state index contributed by atoms with van der Waals surface area (Å²) in [6.07, 6.45) is 6.22. The summed E-state index contributed by atoms with van der Waals surface area (Å²) in [7, 11) is 0. The SMILES string of the molecule is CCCCCc1ccc(C(=O)N2CCCN(c3nc(Cc4ccc(F)cc4)ns3)CC2)cc1. The Balaban J connectivity index is 1.32. The molecule has 0 aliphatic carbocycles. The molecule has 0 bridgehead atoms. The summed E-state index contributed by atoms with van der Waals surface area (Å²) in [4.78, 5) is 21.9. The monoisotopic (exact) mass is 466 g/mol. The first-order valence-corrected chi connectivity index (χ1v) is 12.6. The Kier molecular flexibility index (Phi) is 8.05. The molecule has 1 fully saturated rings. The molecule has 1 aliphatic heterocycles. The lowest BCUT2D eigenvalue weighted by molar-refractivity contribution is 0.0767. The molecule has 0 unspecified atom stereocenters. The van der Waals surface area contributed by atoms with Crippen molar-refractivity contribution in [2.75, 3.05) is 31.1 Å². The largest absolute Gasteiger partial charge is 0.345 e. The summed E-state index contributed by atoms with van der Waals surface area (Å²) < 4.78 is 17.6. The van der Waals surface area contributed by atoms with Gasteiger partial charge in [0.05, 0.1) is 0 Å². The molecule has 1 aliphatic rings. The van der Waals surface area contributed by atoms with E-state index in [4.69, 9.17) is 4.98 Å². The number of anilines is 1. The fraction of sp³-hybridized carbons (Fsp3) is 0.423. The van der Waals surface area contributed by atoms with E-state index in [1.54, 1.807) is 12.1 Å². The van der Waals surface area contributed by atoms with Crippen LogP contribution in [-0.2, 0) is 12.8 Å². The lowest BCUT2D eigenvalue weighted by Crippen LogP contribution is -2.35. The Morgan fingerprint density at radius 1 is 0.970 bits per heavy atom. The number of benzene rings is 2. The molecular weight excluding hydrogens is 435 g/mol. The Labute approximate surface area is 199 Å². The highest BCUT2D eigenvalue weighted by molar-refractivity contribution is 7.09. The highest BCUT2D eigenvalue weighted by atomic mass is 32.1. The molecular formula is C26H31FN4OS. The normalized spacial score (nSPS) is 14.4. The van der Waals surface area contributed by atoms with Gasteiger partial charge in [-0.2, -0.15) is 4.37 Å². The van der Waals surface area contributed by atoms with Gasteiger partial charge in [0.25, 0.3) is 5.91 Å². The van der Waals surface area contributed by atoms with Crippen molar-refractivity contribution in [2.24, 2.45) is 0 Å². The van der Waals surface area contributed by atoms with E-state index < -0.39 is 0 Å². The van der Waals surface area contributed by atoms with Gasteiger partial charge in [0.15, 0.2) is 0 Å². The average molecular weight is 467 g/mol. The summed E-state index contributed by atoms with van der Waals surface area (Å²) in [5, 5.41) is 0.887. The summed E-state index contributed by atoms with van der Waals surface area (Å²) in [5.41, 5.74) is 3.06. The van der Waals surface area contributed by atoms with Crippen molar-refractivity contribution in [2.45, 2.75) is 45.4 Å². The minimum absolute atomic E-state index is 0.103. The molecule has 0 N–H and O–H groups in total. The van der Waals surface area contributed by atoms with Crippen molar-refractivity contribution in [3.8, 4) is 0 Å². The maximum Gasteiger partial charge on any atom is 0.253 e. The first kappa shape index (κ1) is 23.4. The third kappa shape index (κ3) is 6.38. The highest BCUT2D eigenvalue weighted by Crippen LogP contribution is 2.21. The van der Waals surface area contributed by atoms with Crippen LogP contribution in [0.2, 0.25) is 0 Å². The average Bonchev–Trinajstić information content (AvgIpc) is 3.15. The predicted octanol–water partition coefficient (Wildman–Crippen LogP) is 5.35. The number of halogens is 1. The minimum atomic E-state index is -0.239. The third-order valence-corrected chi connectivity index (χ3v) is 6.87. The molecule has 2 heterocycles. The molecule has 5 nitrogen and oxygen atoms in total. The van der Waals surface area contributed by atoms with Crippen molar-refractivity contribution < 1.29 is 9.18 Å². The molecule has 174 valence electrons. The number of aryl methyl sites for hydroxylation is 1. The van der Waals surface area contributed by atoms with E-state index in [0.29, 0.717) is 13.0 Å². The molecule has 0 atom stereocenters. The summed E-state index contributed by atoms with van der Waals surface area (Å²) in [6.45, 7) is 5.22. The van der Waals surface area contributed by atoms with Gasteiger partial charge in [-0.25, -0.2) is 9.37 Å². The number of hydrogen-bond donors (Lipinski definition) is 0. The van der Waals surface area contributed by atoms with Crippen molar-refractivity contribution in [3.63, 3.8) is 0 Å². The van der Waals surface area contributed by atoms with Crippen molar-refractivity contribution in [1.82, 2.24) is 14.3 Å². The lowest BCUT2D eigenvalue weighted by Gasteiger charge is -2.21. The van der Waals surface area contributed by atoms with Crippen molar-refractivity contribution in [1.29, 1.82) is 0 Å². The van der Waals surface area contributed by atoms with Crippen LogP contribution in [0.5, 0.6) is 0 Å². The fourth-order valence-electron chi connectivity index (χ4n) is 4.12. The van der Waals surface area contributed by atoms with E-state index in [1.807, 2.05) is 17.0 Å². The molecule has 0 radical (unpaired) electrons. The molecule has 1 aromatic heterocycles. The number of aromatic nitrogens is 2. The van der Waals surface area contributed by atoms with Crippen LogP contribution in [0.25, 0.3) is 0 Å². The molecule has 3 aromatic rings. The predicted molar refractivity (Wildman–Crippen MR) is 132 cm³/mol. The van der Waals surface area contributed by atoms with Gasteiger partial charge in [-0.05, 0) is 54.7 Å². The first-order chi connectivity index (χ1) is 16.1. The second-order valence-corrected chi connectivity index (χ2v) is 9.31. The number of nitrogens with zero attached hydrogens (tertiary/aromatic N) is 4. The van der Waals surface area contributed by atoms with Crippen molar-refractivity contribution in [3.05, 3.63) is 76.9 Å². The molecule has 4 rings (SSSR count). The van der Waals surface area contributed by atoms with Gasteiger partial charge in [0, 0.05) is 49.7 Å². The van der Waals surface area contributed by atoms with Gasteiger partial charge in [-0.3, -0.25) is 4.79 Å². The number of hydrogen-bond acceptors (Lipinski definition) is 5. The molecule has 0 spiro atoms. The number of unbranched alkanes of at least 4 members (excludes halogenated alkanes) is 2. The van der Waals surface area contributed by atoms with Gasteiger partial charge >= 0.3 is 0 Å². The van der Waals surface area contributed by atoms with E-state index in [9.17, 15) is 9.18 Å². The Hall–Kier alpha value is -2.80. The van der Waals surface area contributed by atoms with Gasteiger partial charge in [-0.15, -0.1) is 0 Å². The van der Waals surface area contributed by atoms with E-state index >= 15 is 0 Å². The zero-order valence-electron chi connectivity index (χ0n) is 19.2. The number of rotatable bonds is 8. The third-order valence-electron chi connectivity index (χ3n) is 6.06. The van der Waals surface area contributed by atoms with Gasteiger partial charge in [0.1, 0.15) is 11.6 Å². The topological polar surface area (TPSA) is 49.3 Å². The second kappa shape index (κ2) is 11.4. The maximum atomic E-state index is 13.1. The molecule has 2 aromatic carbocycles. The molecule has 7 heteroatoms. The Morgan fingerprint density at radius 3 is 2.48 bits per heavy atom. The summed E-state index contributed by atoms with van der Waals surface area (Å²) in [5.74, 6) is 0.612. The van der Waals surface area contributed by atoms with Crippen molar-refractivity contribution >= 4 is 22.6 Å².